The smallest absolute Gasteiger partial charge is 0.251 e. The average molecular weight is 598 g/mol. The minimum absolute atomic E-state index is 0.0916. The maximum absolute atomic E-state index is 13.3. The zero-order valence-electron chi connectivity index (χ0n) is 25.6. The van der Waals surface area contributed by atoms with Crippen molar-refractivity contribution in [1.82, 2.24) is 41.5 Å². The molecule has 3 aromatic rings. The molecule has 12 heteroatoms. The van der Waals surface area contributed by atoms with Crippen molar-refractivity contribution in [3.63, 3.8) is 0 Å². The van der Waals surface area contributed by atoms with E-state index in [4.69, 9.17) is 0 Å². The monoisotopic (exact) mass is 597 g/mol. The van der Waals surface area contributed by atoms with Gasteiger partial charge in [0.25, 0.3) is 11.8 Å². The van der Waals surface area contributed by atoms with E-state index in [-0.39, 0.29) is 36.2 Å². The van der Waals surface area contributed by atoms with Crippen molar-refractivity contribution in [2.75, 3.05) is 27.2 Å². The number of likely N-dealkylation sites (tertiary alicyclic amines) is 1. The van der Waals surface area contributed by atoms with Crippen LogP contribution >= 0.6 is 0 Å². The normalized spacial score (nSPS) is 17.6. The van der Waals surface area contributed by atoms with Gasteiger partial charge in [-0.3, -0.25) is 14.4 Å². The number of aromatic amines is 1. The number of amides is 3. The van der Waals surface area contributed by atoms with E-state index in [1.165, 1.54) is 0 Å². The first-order valence-electron chi connectivity index (χ1n) is 15.1. The second-order valence-corrected chi connectivity index (χ2v) is 11.9. The fraction of sp³-hybridized carbons (Fsp3) is 0.469. The molecule has 1 saturated heterocycles. The van der Waals surface area contributed by atoms with Crippen LogP contribution in [0.1, 0.15) is 81.9 Å². The molecule has 44 heavy (non-hydrogen) atoms. The molecule has 1 aliphatic heterocycles. The number of nitrogens with one attached hydrogen (secondary N) is 4. The molecule has 1 unspecified atom stereocenters. The van der Waals surface area contributed by atoms with E-state index >= 15 is 0 Å². The van der Waals surface area contributed by atoms with Crippen molar-refractivity contribution in [3.05, 3.63) is 75.6 Å². The Balaban J connectivity index is 1.64. The SMILES string of the molecule is CNC(=O)c1ccc2c(c1)CCc1cc(C(=O)NC)ccc1C2(C[C@@H](NCC(=O)N1CCCC1C#N)C(C)C)c1nn[nH]n1. The van der Waals surface area contributed by atoms with E-state index in [1.54, 1.807) is 19.0 Å². The first kappa shape index (κ1) is 30.8. The summed E-state index contributed by atoms with van der Waals surface area (Å²) in [6.07, 6.45) is 3.25. The maximum Gasteiger partial charge on any atom is 0.251 e. The van der Waals surface area contributed by atoms with Crippen LogP contribution < -0.4 is 16.0 Å². The highest BCUT2D eigenvalue weighted by Gasteiger charge is 2.47. The fourth-order valence-electron chi connectivity index (χ4n) is 6.71. The summed E-state index contributed by atoms with van der Waals surface area (Å²) in [7, 11) is 3.21. The van der Waals surface area contributed by atoms with Gasteiger partial charge in [0.15, 0.2) is 5.82 Å². The van der Waals surface area contributed by atoms with Crippen molar-refractivity contribution in [2.45, 2.75) is 63.5 Å². The number of nitriles is 1. The Labute approximate surface area is 257 Å². The van der Waals surface area contributed by atoms with Crippen LogP contribution in [-0.2, 0) is 23.1 Å². The Bertz CT molecular complexity index is 1510. The van der Waals surface area contributed by atoms with E-state index in [0.29, 0.717) is 49.2 Å². The van der Waals surface area contributed by atoms with Crippen LogP contribution in [0.25, 0.3) is 0 Å². The number of aryl methyl sites for hydroxylation is 2. The van der Waals surface area contributed by atoms with Crippen LogP contribution in [-0.4, -0.2) is 82.5 Å². The summed E-state index contributed by atoms with van der Waals surface area (Å²) in [4.78, 5) is 40.2. The average Bonchev–Trinajstić information content (AvgIpc) is 3.74. The van der Waals surface area contributed by atoms with Gasteiger partial charge in [-0.25, -0.2) is 0 Å². The minimum Gasteiger partial charge on any atom is -0.355 e. The lowest BCUT2D eigenvalue weighted by Gasteiger charge is -2.38. The second kappa shape index (κ2) is 12.9. The Morgan fingerprint density at radius 3 is 2.16 bits per heavy atom. The van der Waals surface area contributed by atoms with Crippen LogP contribution in [0, 0.1) is 17.2 Å². The quantitative estimate of drug-likeness (QED) is 0.290. The van der Waals surface area contributed by atoms with Gasteiger partial charge in [0.05, 0.1) is 18.0 Å². The van der Waals surface area contributed by atoms with Gasteiger partial charge < -0.3 is 20.9 Å². The fourth-order valence-corrected chi connectivity index (χ4v) is 6.71. The summed E-state index contributed by atoms with van der Waals surface area (Å²) in [5.74, 6) is 0.104. The molecule has 1 aliphatic carbocycles. The number of carbonyl (C=O) groups is 3. The molecule has 0 saturated carbocycles. The molecule has 0 radical (unpaired) electrons. The van der Waals surface area contributed by atoms with E-state index in [0.717, 1.165) is 28.7 Å². The molecule has 2 aliphatic rings. The van der Waals surface area contributed by atoms with Crippen molar-refractivity contribution in [2.24, 2.45) is 5.92 Å². The third-order valence-corrected chi connectivity index (χ3v) is 9.07. The molecular weight excluding hydrogens is 558 g/mol. The van der Waals surface area contributed by atoms with Crippen LogP contribution in [0.3, 0.4) is 0 Å². The van der Waals surface area contributed by atoms with E-state index < -0.39 is 11.5 Å². The van der Waals surface area contributed by atoms with E-state index in [1.807, 2.05) is 36.4 Å². The summed E-state index contributed by atoms with van der Waals surface area (Å²) in [5, 5.41) is 34.2. The lowest BCUT2D eigenvalue weighted by molar-refractivity contribution is -0.130. The molecule has 230 valence electrons. The van der Waals surface area contributed by atoms with E-state index in [9.17, 15) is 19.6 Å². The highest BCUT2D eigenvalue weighted by molar-refractivity contribution is 5.95. The Morgan fingerprint density at radius 1 is 1.05 bits per heavy atom. The van der Waals surface area contributed by atoms with Crippen molar-refractivity contribution in [1.29, 1.82) is 5.26 Å². The zero-order valence-corrected chi connectivity index (χ0v) is 25.6. The summed E-state index contributed by atoms with van der Waals surface area (Å²) in [6, 6.07) is 13.1. The number of rotatable bonds is 9. The van der Waals surface area contributed by atoms with Gasteiger partial charge in [-0.05, 0) is 84.5 Å². The molecule has 2 heterocycles. The first-order chi connectivity index (χ1) is 21.2. The molecule has 2 aromatic carbocycles. The summed E-state index contributed by atoms with van der Waals surface area (Å²) < 4.78 is 0. The number of tetrazole rings is 1. The molecule has 12 nitrogen and oxygen atoms in total. The van der Waals surface area contributed by atoms with Gasteiger partial charge in [-0.15, -0.1) is 10.2 Å². The number of hydrogen-bond acceptors (Lipinski definition) is 8. The van der Waals surface area contributed by atoms with Crippen molar-refractivity contribution in [3.8, 4) is 6.07 Å². The third-order valence-electron chi connectivity index (χ3n) is 9.07. The van der Waals surface area contributed by atoms with Gasteiger partial charge >= 0.3 is 0 Å². The summed E-state index contributed by atoms with van der Waals surface area (Å²) in [6.45, 7) is 4.87. The zero-order chi connectivity index (χ0) is 31.4. The lowest BCUT2D eigenvalue weighted by atomic mass is 9.66. The number of H-pyrrole nitrogens is 1. The van der Waals surface area contributed by atoms with E-state index in [2.05, 4.69) is 56.5 Å². The van der Waals surface area contributed by atoms with Gasteiger partial charge in [-0.2, -0.15) is 10.5 Å². The molecule has 3 amide bonds. The molecule has 5 rings (SSSR count). The topological polar surface area (TPSA) is 169 Å². The summed E-state index contributed by atoms with van der Waals surface area (Å²) in [5.41, 5.74) is 4.01. The van der Waals surface area contributed by atoms with Crippen LogP contribution in [0.4, 0.5) is 0 Å². The number of aromatic nitrogens is 4. The largest absolute Gasteiger partial charge is 0.355 e. The number of nitrogens with zero attached hydrogens (tertiary/aromatic N) is 5. The molecule has 2 atom stereocenters. The van der Waals surface area contributed by atoms with Gasteiger partial charge in [0.1, 0.15) is 6.04 Å². The van der Waals surface area contributed by atoms with Gasteiger partial charge in [0, 0.05) is 37.8 Å². The minimum atomic E-state index is -0.926. The molecule has 1 aromatic heterocycles. The highest BCUT2D eigenvalue weighted by atomic mass is 16.2. The lowest BCUT2D eigenvalue weighted by Crippen LogP contribution is -2.48. The number of fused-ring (bicyclic) bond motifs is 2. The van der Waals surface area contributed by atoms with Crippen LogP contribution in [0.5, 0.6) is 0 Å². The Kier molecular flexibility index (Phi) is 9.06. The number of carbonyl (C=O) groups excluding carboxylic acids is 3. The highest BCUT2D eigenvalue weighted by Crippen LogP contribution is 2.47. The van der Waals surface area contributed by atoms with Crippen LogP contribution in [0.15, 0.2) is 36.4 Å². The molecule has 0 bridgehead atoms. The molecular formula is C32H39N9O3. The molecule has 4 N–H and O–H groups in total. The molecule has 1 fully saturated rings. The third kappa shape index (κ3) is 5.67. The molecule has 0 spiro atoms. The Morgan fingerprint density at radius 2 is 1.66 bits per heavy atom. The van der Waals surface area contributed by atoms with Gasteiger partial charge in [-0.1, -0.05) is 31.2 Å². The van der Waals surface area contributed by atoms with Crippen molar-refractivity contribution < 1.29 is 14.4 Å². The number of hydrogen-bond donors (Lipinski definition) is 4. The van der Waals surface area contributed by atoms with Crippen LogP contribution in [0.2, 0.25) is 0 Å². The van der Waals surface area contributed by atoms with Gasteiger partial charge in [0.2, 0.25) is 5.91 Å². The predicted molar refractivity (Wildman–Crippen MR) is 163 cm³/mol. The summed E-state index contributed by atoms with van der Waals surface area (Å²) >= 11 is 0. The standard InChI is InChI=1S/C32H39N9O3/c1-19(2)27(36-18-28(42)41-13-5-6-24(41)17-33)16-32(31-37-39-40-38-31)25-11-9-22(29(43)34-3)14-20(25)7-8-21-15-23(30(44)35-4)10-12-26(21)32/h9-12,14-15,19,24,27,36H,5-8,13,16,18H2,1-4H3,(H,34,43)(H,35,44)(H,37,38,39,40)/t24?,27-/m1/s1. The Hall–Kier alpha value is -4.63. The number of benzene rings is 2. The maximum atomic E-state index is 13.3. The second-order valence-electron chi connectivity index (χ2n) is 11.9. The first-order valence-corrected chi connectivity index (χ1v) is 15.1. The van der Waals surface area contributed by atoms with Crippen molar-refractivity contribution >= 4 is 17.7 Å². The predicted octanol–water partition coefficient (Wildman–Crippen LogP) is 1.87.